The fourth-order valence-corrected chi connectivity index (χ4v) is 3.94. The van der Waals surface area contributed by atoms with E-state index in [-0.39, 0.29) is 0 Å². The van der Waals surface area contributed by atoms with Gasteiger partial charge in [0.1, 0.15) is 5.82 Å². The molecule has 3 rings (SSSR count). The van der Waals surface area contributed by atoms with Crippen molar-refractivity contribution >= 4 is 15.9 Å². The number of hydrogen-bond donors (Lipinski definition) is 1. The van der Waals surface area contributed by atoms with Crippen molar-refractivity contribution in [3.63, 3.8) is 0 Å². The predicted octanol–water partition coefficient (Wildman–Crippen LogP) is 7.06. The number of H-pyrrole nitrogens is 1. The second-order valence-electron chi connectivity index (χ2n) is 7.28. The smallest absolute Gasteiger partial charge is 0.137 e. The second kappa shape index (κ2) is 7.17. The average molecular weight is 397 g/mol. The van der Waals surface area contributed by atoms with Crippen LogP contribution in [0.15, 0.2) is 47.1 Å². The molecule has 130 valence electrons. The molecule has 2 aromatic carbocycles. The lowest BCUT2D eigenvalue weighted by Gasteiger charge is -2.18. The molecule has 0 radical (unpaired) electrons. The highest BCUT2D eigenvalue weighted by Crippen LogP contribution is 2.36. The second-order valence-corrected chi connectivity index (χ2v) is 8.20. The Morgan fingerprint density at radius 1 is 0.960 bits per heavy atom. The first kappa shape index (κ1) is 17.9. The van der Waals surface area contributed by atoms with Crippen molar-refractivity contribution in [2.24, 2.45) is 0 Å². The molecule has 0 amide bonds. The van der Waals surface area contributed by atoms with Gasteiger partial charge in [0.05, 0.1) is 11.9 Å². The third-order valence-electron chi connectivity index (χ3n) is 4.53. The number of benzene rings is 2. The van der Waals surface area contributed by atoms with Crippen LogP contribution in [0, 0.1) is 6.92 Å². The molecule has 0 bridgehead atoms. The van der Waals surface area contributed by atoms with E-state index in [1.54, 1.807) is 0 Å². The van der Waals surface area contributed by atoms with Crippen LogP contribution in [-0.4, -0.2) is 9.97 Å². The lowest BCUT2D eigenvalue weighted by atomic mass is 9.87. The van der Waals surface area contributed by atoms with Gasteiger partial charge in [0.2, 0.25) is 0 Å². The topological polar surface area (TPSA) is 28.7 Å². The molecule has 3 aromatic rings. The van der Waals surface area contributed by atoms with Gasteiger partial charge in [0.25, 0.3) is 0 Å². The van der Waals surface area contributed by atoms with Gasteiger partial charge in [-0.1, -0.05) is 61.8 Å². The molecular formula is C22H25BrN2. The number of aromatic amines is 1. The summed E-state index contributed by atoms with van der Waals surface area (Å²) >= 11 is 3.58. The van der Waals surface area contributed by atoms with E-state index in [1.807, 2.05) is 6.20 Å². The van der Waals surface area contributed by atoms with Gasteiger partial charge in [-0.15, -0.1) is 0 Å². The van der Waals surface area contributed by atoms with E-state index >= 15 is 0 Å². The predicted molar refractivity (Wildman–Crippen MR) is 110 cm³/mol. The summed E-state index contributed by atoms with van der Waals surface area (Å²) in [5.41, 5.74) is 7.45. The Balaban J connectivity index is 2.14. The van der Waals surface area contributed by atoms with Crippen LogP contribution in [0.1, 0.15) is 56.2 Å². The summed E-state index contributed by atoms with van der Waals surface area (Å²) in [7, 11) is 0. The van der Waals surface area contributed by atoms with E-state index in [0.29, 0.717) is 11.8 Å². The van der Waals surface area contributed by atoms with Gasteiger partial charge in [-0.3, -0.25) is 0 Å². The third kappa shape index (κ3) is 3.72. The maximum atomic E-state index is 4.67. The van der Waals surface area contributed by atoms with Crippen LogP contribution in [0.5, 0.6) is 0 Å². The van der Waals surface area contributed by atoms with E-state index in [1.165, 1.54) is 22.3 Å². The summed E-state index contributed by atoms with van der Waals surface area (Å²) in [6, 6.07) is 13.0. The Morgan fingerprint density at radius 3 is 2.16 bits per heavy atom. The number of nitrogens with one attached hydrogen (secondary N) is 1. The van der Waals surface area contributed by atoms with Gasteiger partial charge >= 0.3 is 0 Å². The number of aromatic nitrogens is 2. The summed E-state index contributed by atoms with van der Waals surface area (Å²) in [6.45, 7) is 11.1. The van der Waals surface area contributed by atoms with Crippen LogP contribution < -0.4 is 0 Å². The van der Waals surface area contributed by atoms with Crippen molar-refractivity contribution in [2.45, 2.75) is 46.5 Å². The standard InChI is InChI=1S/C22H25BrN2/c1-13(2)18-7-6-8-19(14(3)4)21(18)20-12-24-22(25-20)16-9-15(5)10-17(23)11-16/h6-14H,1-5H3,(H,24,25). The van der Waals surface area contributed by atoms with Gasteiger partial charge in [0.15, 0.2) is 0 Å². The Bertz CT molecular complexity index is 844. The number of hydrogen-bond acceptors (Lipinski definition) is 1. The SMILES string of the molecule is Cc1cc(Br)cc(-c2ncc(-c3c(C(C)C)cccc3C(C)C)[nH]2)c1. The third-order valence-corrected chi connectivity index (χ3v) is 4.99. The summed E-state index contributed by atoms with van der Waals surface area (Å²) in [4.78, 5) is 8.23. The zero-order valence-electron chi connectivity index (χ0n) is 15.5. The Kier molecular flexibility index (Phi) is 5.14. The maximum absolute atomic E-state index is 4.67. The maximum Gasteiger partial charge on any atom is 0.137 e. The summed E-state index contributed by atoms with van der Waals surface area (Å²) < 4.78 is 1.07. The van der Waals surface area contributed by atoms with E-state index in [4.69, 9.17) is 0 Å². The molecule has 0 spiro atoms. The van der Waals surface area contributed by atoms with Crippen molar-refractivity contribution in [2.75, 3.05) is 0 Å². The molecule has 1 N–H and O–H groups in total. The molecule has 0 aliphatic carbocycles. The average Bonchev–Trinajstić information content (AvgIpc) is 3.02. The van der Waals surface area contributed by atoms with Crippen LogP contribution in [0.4, 0.5) is 0 Å². The van der Waals surface area contributed by atoms with E-state index < -0.39 is 0 Å². The molecule has 3 heteroatoms. The quantitative estimate of drug-likeness (QED) is 0.502. The Hall–Kier alpha value is -1.87. The molecule has 0 saturated heterocycles. The van der Waals surface area contributed by atoms with Crippen LogP contribution in [0.25, 0.3) is 22.6 Å². The first-order chi connectivity index (χ1) is 11.9. The molecule has 0 fully saturated rings. The summed E-state index contributed by atoms with van der Waals surface area (Å²) in [6.07, 6.45) is 1.97. The van der Waals surface area contributed by atoms with Crippen molar-refractivity contribution in [3.05, 3.63) is 63.8 Å². The largest absolute Gasteiger partial charge is 0.338 e. The molecule has 0 aliphatic rings. The van der Waals surface area contributed by atoms with Crippen LogP contribution >= 0.6 is 15.9 Å². The molecule has 0 saturated carbocycles. The highest BCUT2D eigenvalue weighted by atomic mass is 79.9. The molecule has 0 aliphatic heterocycles. The van der Waals surface area contributed by atoms with Crippen molar-refractivity contribution in [3.8, 4) is 22.6 Å². The number of rotatable bonds is 4. The van der Waals surface area contributed by atoms with Gasteiger partial charge in [-0.05, 0) is 53.6 Å². The fourth-order valence-electron chi connectivity index (χ4n) is 3.33. The monoisotopic (exact) mass is 396 g/mol. The van der Waals surface area contributed by atoms with Gasteiger partial charge in [0, 0.05) is 15.6 Å². The Morgan fingerprint density at radius 2 is 1.60 bits per heavy atom. The minimum absolute atomic E-state index is 0.466. The molecule has 1 heterocycles. The number of imidazole rings is 1. The fraction of sp³-hybridized carbons (Fsp3) is 0.318. The van der Waals surface area contributed by atoms with Gasteiger partial charge in [-0.25, -0.2) is 4.98 Å². The molecule has 1 aromatic heterocycles. The van der Waals surface area contributed by atoms with Crippen LogP contribution in [-0.2, 0) is 0 Å². The first-order valence-corrected chi connectivity index (χ1v) is 9.62. The van der Waals surface area contributed by atoms with Crippen molar-refractivity contribution in [1.82, 2.24) is 9.97 Å². The molecule has 25 heavy (non-hydrogen) atoms. The Labute approximate surface area is 158 Å². The first-order valence-electron chi connectivity index (χ1n) is 8.82. The van der Waals surface area contributed by atoms with Crippen molar-refractivity contribution in [1.29, 1.82) is 0 Å². The number of nitrogens with zero attached hydrogens (tertiary/aromatic N) is 1. The highest BCUT2D eigenvalue weighted by Gasteiger charge is 2.17. The van der Waals surface area contributed by atoms with Crippen LogP contribution in [0.2, 0.25) is 0 Å². The minimum atomic E-state index is 0.466. The summed E-state index contributed by atoms with van der Waals surface area (Å²) in [5.74, 6) is 1.84. The number of halogens is 1. The summed E-state index contributed by atoms with van der Waals surface area (Å²) in [5, 5.41) is 0. The normalized spacial score (nSPS) is 11.5. The van der Waals surface area contributed by atoms with Gasteiger partial charge in [-0.2, -0.15) is 0 Å². The molecule has 2 nitrogen and oxygen atoms in total. The van der Waals surface area contributed by atoms with Crippen LogP contribution in [0.3, 0.4) is 0 Å². The molecule has 0 atom stereocenters. The lowest BCUT2D eigenvalue weighted by molar-refractivity contribution is 0.837. The molecule has 0 unspecified atom stereocenters. The van der Waals surface area contributed by atoms with E-state index in [2.05, 4.69) is 96.9 Å². The van der Waals surface area contributed by atoms with Crippen molar-refractivity contribution < 1.29 is 0 Å². The highest BCUT2D eigenvalue weighted by molar-refractivity contribution is 9.10. The number of aryl methyl sites for hydroxylation is 1. The lowest BCUT2D eigenvalue weighted by Crippen LogP contribution is -2.00. The minimum Gasteiger partial charge on any atom is -0.338 e. The van der Waals surface area contributed by atoms with E-state index in [0.717, 1.165) is 21.6 Å². The van der Waals surface area contributed by atoms with E-state index in [9.17, 15) is 0 Å². The zero-order chi connectivity index (χ0) is 18.1. The van der Waals surface area contributed by atoms with Gasteiger partial charge < -0.3 is 4.98 Å². The zero-order valence-corrected chi connectivity index (χ0v) is 17.1. The molecular weight excluding hydrogens is 372 g/mol.